The maximum atomic E-state index is 13.0. The molecule has 0 aromatic heterocycles. The summed E-state index contributed by atoms with van der Waals surface area (Å²) in [7, 11) is -4.09. The number of hydrogen-bond acceptors (Lipinski definition) is 3. The summed E-state index contributed by atoms with van der Waals surface area (Å²) in [5.41, 5.74) is 0.0188. The van der Waals surface area contributed by atoms with Gasteiger partial charge in [0.1, 0.15) is 12.2 Å². The second-order valence-electron chi connectivity index (χ2n) is 12.0. The third-order valence-corrected chi connectivity index (χ3v) is 16.4. The van der Waals surface area contributed by atoms with Gasteiger partial charge in [0.2, 0.25) is 0 Å². The van der Waals surface area contributed by atoms with Gasteiger partial charge < -0.3 is 13.6 Å². The van der Waals surface area contributed by atoms with Gasteiger partial charge in [0.05, 0.1) is 18.3 Å². The molecule has 0 fully saturated rings. The van der Waals surface area contributed by atoms with Gasteiger partial charge in [-0.15, -0.1) is 0 Å². The molecule has 0 spiro atoms. The number of benzene rings is 1. The minimum absolute atomic E-state index is 0.0377. The summed E-state index contributed by atoms with van der Waals surface area (Å²) in [5.74, 6) is 0. The highest BCUT2D eigenvalue weighted by atomic mass is 28.4. The van der Waals surface area contributed by atoms with Gasteiger partial charge in [0, 0.05) is 0 Å². The van der Waals surface area contributed by atoms with Crippen LogP contribution < -0.4 is 0 Å². The van der Waals surface area contributed by atoms with E-state index in [2.05, 4.69) is 67.7 Å². The van der Waals surface area contributed by atoms with E-state index in [1.165, 1.54) is 12.1 Å². The van der Waals surface area contributed by atoms with Crippen LogP contribution in [0.3, 0.4) is 0 Å². The Balaban J connectivity index is 2.29. The van der Waals surface area contributed by atoms with Gasteiger partial charge in [-0.05, 0) is 54.0 Å². The van der Waals surface area contributed by atoms with Crippen molar-refractivity contribution in [1.29, 1.82) is 0 Å². The molecule has 0 N–H and O–H groups in total. The van der Waals surface area contributed by atoms with Crippen LogP contribution in [0.15, 0.2) is 36.4 Å². The Bertz CT molecular complexity index is 819. The molecule has 0 saturated carbocycles. The predicted molar refractivity (Wildman–Crippen MR) is 133 cm³/mol. The van der Waals surface area contributed by atoms with Crippen LogP contribution in [0.1, 0.15) is 58.8 Å². The highest BCUT2D eigenvalue weighted by Gasteiger charge is 2.43. The number of alkyl halides is 3. The van der Waals surface area contributed by atoms with Crippen molar-refractivity contribution in [1.82, 2.24) is 0 Å². The second kappa shape index (κ2) is 9.61. The Hall–Kier alpha value is -0.936. The Morgan fingerprint density at radius 3 is 1.79 bits per heavy atom. The second-order valence-corrected chi connectivity index (χ2v) is 21.6. The van der Waals surface area contributed by atoms with Crippen LogP contribution in [0, 0.1) is 0 Å². The molecule has 0 radical (unpaired) electrons. The van der Waals surface area contributed by atoms with Gasteiger partial charge in [0.25, 0.3) is 0 Å². The van der Waals surface area contributed by atoms with Gasteiger partial charge in [-0.2, -0.15) is 13.2 Å². The van der Waals surface area contributed by atoms with Crippen molar-refractivity contribution >= 4 is 16.6 Å². The smallest absolute Gasteiger partial charge is 0.414 e. The third-order valence-electron chi connectivity index (χ3n) is 7.38. The maximum Gasteiger partial charge on any atom is 0.416 e. The zero-order valence-corrected chi connectivity index (χ0v) is 23.8. The molecule has 0 aliphatic carbocycles. The SMILES string of the molecule is CC(C)(C)[Si](C)(C)OC[C@H]1O[C@@H](c2ccc(C(F)(F)F)cc2)C=C[C@@H]1O[Si](C)(C)C(C)(C)C. The molecule has 3 atom stereocenters. The normalized spacial score (nSPS) is 23.1. The summed E-state index contributed by atoms with van der Waals surface area (Å²) >= 11 is 0. The van der Waals surface area contributed by atoms with Crippen molar-refractivity contribution in [2.75, 3.05) is 6.61 Å². The van der Waals surface area contributed by atoms with E-state index in [-0.39, 0.29) is 22.3 Å². The van der Waals surface area contributed by atoms with Crippen LogP contribution in [-0.2, 0) is 19.8 Å². The molecule has 1 aliphatic heterocycles. The molecule has 0 saturated heterocycles. The molecule has 188 valence electrons. The monoisotopic (exact) mass is 502 g/mol. The average molecular weight is 503 g/mol. The lowest BCUT2D eigenvalue weighted by molar-refractivity contribution is -0.137. The fourth-order valence-corrected chi connectivity index (χ4v) is 5.25. The molecule has 3 nitrogen and oxygen atoms in total. The Morgan fingerprint density at radius 1 is 0.818 bits per heavy atom. The Labute approximate surface area is 200 Å². The molecular formula is C25H41F3O3Si2. The molecule has 0 bridgehead atoms. The first-order valence-electron chi connectivity index (χ1n) is 11.6. The van der Waals surface area contributed by atoms with Crippen LogP contribution in [0.5, 0.6) is 0 Å². The van der Waals surface area contributed by atoms with E-state index in [1.807, 2.05) is 12.2 Å². The largest absolute Gasteiger partial charge is 0.416 e. The molecule has 0 unspecified atom stereocenters. The van der Waals surface area contributed by atoms with Gasteiger partial charge in [0.15, 0.2) is 16.6 Å². The topological polar surface area (TPSA) is 27.7 Å². The molecule has 2 rings (SSSR count). The first-order chi connectivity index (χ1) is 14.7. The predicted octanol–water partition coefficient (Wildman–Crippen LogP) is 8.11. The summed E-state index contributed by atoms with van der Waals surface area (Å²) in [6, 6.07) is 5.18. The van der Waals surface area contributed by atoms with E-state index in [1.54, 1.807) is 0 Å². The van der Waals surface area contributed by atoms with E-state index in [0.29, 0.717) is 12.2 Å². The van der Waals surface area contributed by atoms with Crippen LogP contribution in [-0.4, -0.2) is 35.4 Å². The van der Waals surface area contributed by atoms with Crippen LogP contribution in [0.25, 0.3) is 0 Å². The maximum absolute atomic E-state index is 13.0. The molecule has 1 aromatic rings. The fourth-order valence-electron chi connectivity index (χ4n) is 2.97. The summed E-state index contributed by atoms with van der Waals surface area (Å²) in [5, 5.41) is 0.0933. The molecule has 1 aromatic carbocycles. The molecule has 8 heteroatoms. The lowest BCUT2D eigenvalue weighted by Crippen LogP contribution is -2.51. The van der Waals surface area contributed by atoms with E-state index in [4.69, 9.17) is 13.6 Å². The molecule has 33 heavy (non-hydrogen) atoms. The number of halogens is 3. The van der Waals surface area contributed by atoms with E-state index < -0.39 is 34.5 Å². The Morgan fingerprint density at radius 2 is 1.33 bits per heavy atom. The van der Waals surface area contributed by atoms with Crippen LogP contribution in [0.2, 0.25) is 36.3 Å². The van der Waals surface area contributed by atoms with Crippen molar-refractivity contribution in [2.24, 2.45) is 0 Å². The van der Waals surface area contributed by atoms with Gasteiger partial charge in [-0.25, -0.2) is 0 Å². The van der Waals surface area contributed by atoms with Crippen molar-refractivity contribution in [2.45, 2.75) is 102 Å². The first kappa shape index (κ1) is 28.3. The molecule has 0 amide bonds. The van der Waals surface area contributed by atoms with Crippen LogP contribution >= 0.6 is 0 Å². The summed E-state index contributed by atoms with van der Waals surface area (Å²) in [6.45, 7) is 22.3. The van der Waals surface area contributed by atoms with Crippen LogP contribution in [0.4, 0.5) is 13.2 Å². The molecular weight excluding hydrogens is 461 g/mol. The molecule has 1 aliphatic rings. The minimum atomic E-state index is -4.36. The number of hydrogen-bond donors (Lipinski definition) is 0. The van der Waals surface area contributed by atoms with E-state index >= 15 is 0 Å². The zero-order chi connectivity index (χ0) is 25.5. The van der Waals surface area contributed by atoms with Gasteiger partial charge >= 0.3 is 6.18 Å². The van der Waals surface area contributed by atoms with Crippen molar-refractivity contribution in [3.8, 4) is 0 Å². The zero-order valence-electron chi connectivity index (χ0n) is 21.8. The van der Waals surface area contributed by atoms with Gasteiger partial charge in [-0.3, -0.25) is 0 Å². The Kier molecular flexibility index (Phi) is 8.24. The summed E-state index contributed by atoms with van der Waals surface area (Å²) in [4.78, 5) is 0. The third kappa shape index (κ3) is 7.04. The molecule has 1 heterocycles. The van der Waals surface area contributed by atoms with Gasteiger partial charge in [-0.1, -0.05) is 65.8 Å². The van der Waals surface area contributed by atoms with Crippen molar-refractivity contribution in [3.63, 3.8) is 0 Å². The lowest BCUT2D eigenvalue weighted by Gasteiger charge is -2.43. The summed E-state index contributed by atoms with van der Waals surface area (Å²) < 4.78 is 58.5. The average Bonchev–Trinajstić information content (AvgIpc) is 2.64. The minimum Gasteiger partial charge on any atom is -0.414 e. The fraction of sp³-hybridized carbons (Fsp3) is 0.680. The summed E-state index contributed by atoms with van der Waals surface area (Å²) in [6.07, 6.45) is -1.51. The highest BCUT2D eigenvalue weighted by Crippen LogP contribution is 2.41. The van der Waals surface area contributed by atoms with E-state index in [9.17, 15) is 13.2 Å². The lowest BCUT2D eigenvalue weighted by atomic mass is 10.0. The van der Waals surface area contributed by atoms with Crippen molar-refractivity contribution < 1.29 is 26.8 Å². The number of rotatable bonds is 6. The standard InChI is InChI=1S/C25H41F3O3Si2/c1-23(2,3)32(7,8)29-17-22-21(31-33(9,10)24(4,5)6)16-15-20(30-22)18-11-13-19(14-12-18)25(26,27)28/h11-16,20-22H,17H2,1-10H3/t20-,21+,22-/m1/s1. The first-order valence-corrected chi connectivity index (χ1v) is 17.4. The van der Waals surface area contributed by atoms with E-state index in [0.717, 1.165) is 12.1 Å². The van der Waals surface area contributed by atoms with Crippen molar-refractivity contribution in [3.05, 3.63) is 47.5 Å². The number of ether oxygens (including phenoxy) is 1. The quantitative estimate of drug-likeness (QED) is 0.290. The highest BCUT2D eigenvalue weighted by molar-refractivity contribution is 6.74.